The van der Waals surface area contributed by atoms with Gasteiger partial charge in [-0.3, -0.25) is 4.21 Å². The van der Waals surface area contributed by atoms with Crippen LogP contribution in [0.1, 0.15) is 13.3 Å². The topological polar surface area (TPSA) is 43.1 Å². The first-order chi connectivity index (χ1) is 5.06. The first-order valence-electron chi connectivity index (χ1n) is 3.45. The fourth-order valence-electron chi connectivity index (χ4n) is 0.565. The first-order valence-corrected chi connectivity index (χ1v) is 4.93. The lowest BCUT2D eigenvalue weighted by Gasteiger charge is -2.07. The molecule has 0 aromatic carbocycles. The van der Waals surface area contributed by atoms with Gasteiger partial charge in [0.1, 0.15) is 0 Å². The van der Waals surface area contributed by atoms with Gasteiger partial charge in [-0.2, -0.15) is 0 Å². The van der Waals surface area contributed by atoms with Crippen LogP contribution >= 0.6 is 0 Å². The molecule has 0 saturated carbocycles. The Balaban J connectivity index is 3.52. The van der Waals surface area contributed by atoms with E-state index in [0.29, 0.717) is 6.42 Å². The second-order valence-corrected chi connectivity index (χ2v) is 3.88. The van der Waals surface area contributed by atoms with Crippen molar-refractivity contribution in [2.75, 3.05) is 11.5 Å². The van der Waals surface area contributed by atoms with Gasteiger partial charge in [-0.25, -0.2) is 8.78 Å². The van der Waals surface area contributed by atoms with Gasteiger partial charge >= 0.3 is 0 Å². The molecule has 0 bridgehead atoms. The molecule has 0 spiro atoms. The molecule has 0 aliphatic heterocycles. The van der Waals surface area contributed by atoms with Crippen LogP contribution in [0.3, 0.4) is 0 Å². The maximum atomic E-state index is 11.6. The number of hydrogen-bond acceptors (Lipinski definition) is 2. The second-order valence-electron chi connectivity index (χ2n) is 2.33. The van der Waals surface area contributed by atoms with Gasteiger partial charge in [-0.05, 0) is 6.42 Å². The quantitative estimate of drug-likeness (QED) is 0.686. The standard InChI is InChI=1S/C6H13F2NOS/c1-2-5(9)3-11(10)4-6(7)8/h5-6H,2-4,9H2,1H3. The van der Waals surface area contributed by atoms with Crippen molar-refractivity contribution in [3.8, 4) is 0 Å². The minimum atomic E-state index is -2.49. The van der Waals surface area contributed by atoms with Crippen LogP contribution in [0.25, 0.3) is 0 Å². The van der Waals surface area contributed by atoms with E-state index in [1.54, 1.807) is 0 Å². The third-order valence-corrected chi connectivity index (χ3v) is 2.66. The SMILES string of the molecule is CCC(N)CS(=O)CC(F)F. The van der Waals surface area contributed by atoms with Crippen LogP contribution in [-0.4, -0.2) is 28.2 Å². The van der Waals surface area contributed by atoms with E-state index < -0.39 is 23.0 Å². The lowest BCUT2D eigenvalue weighted by Crippen LogP contribution is -2.28. The molecule has 0 aromatic heterocycles. The van der Waals surface area contributed by atoms with E-state index in [-0.39, 0.29) is 11.8 Å². The van der Waals surface area contributed by atoms with Gasteiger partial charge in [0, 0.05) is 22.6 Å². The van der Waals surface area contributed by atoms with Crippen molar-refractivity contribution < 1.29 is 13.0 Å². The van der Waals surface area contributed by atoms with Gasteiger partial charge in [0.05, 0.1) is 5.75 Å². The van der Waals surface area contributed by atoms with Crippen LogP contribution in [0.4, 0.5) is 8.78 Å². The molecule has 2 nitrogen and oxygen atoms in total. The largest absolute Gasteiger partial charge is 0.327 e. The lowest BCUT2D eigenvalue weighted by atomic mass is 10.3. The molecule has 0 heterocycles. The summed E-state index contributed by atoms with van der Waals surface area (Å²) in [6.45, 7) is 1.84. The Kier molecular flexibility index (Phi) is 5.58. The van der Waals surface area contributed by atoms with Crippen molar-refractivity contribution in [3.63, 3.8) is 0 Å². The van der Waals surface area contributed by atoms with Crippen molar-refractivity contribution >= 4 is 10.8 Å². The number of alkyl halides is 2. The molecule has 0 radical (unpaired) electrons. The van der Waals surface area contributed by atoms with Crippen LogP contribution < -0.4 is 5.73 Å². The summed E-state index contributed by atoms with van der Waals surface area (Å²) in [5.41, 5.74) is 5.41. The van der Waals surface area contributed by atoms with E-state index in [9.17, 15) is 13.0 Å². The van der Waals surface area contributed by atoms with Gasteiger partial charge in [-0.15, -0.1) is 0 Å². The molecule has 0 aliphatic rings. The highest BCUT2D eigenvalue weighted by Gasteiger charge is 2.11. The van der Waals surface area contributed by atoms with E-state index in [1.807, 2.05) is 6.92 Å². The average molecular weight is 185 g/mol. The normalized spacial score (nSPS) is 16.8. The average Bonchev–Trinajstić information content (AvgIpc) is 1.85. The third kappa shape index (κ3) is 6.37. The Morgan fingerprint density at radius 1 is 1.45 bits per heavy atom. The molecule has 2 N–H and O–H groups in total. The van der Waals surface area contributed by atoms with E-state index in [1.165, 1.54) is 0 Å². The zero-order chi connectivity index (χ0) is 8.85. The highest BCUT2D eigenvalue weighted by molar-refractivity contribution is 7.85. The number of hydrogen-bond donors (Lipinski definition) is 1. The van der Waals surface area contributed by atoms with E-state index in [2.05, 4.69) is 0 Å². The van der Waals surface area contributed by atoms with E-state index >= 15 is 0 Å². The fourth-order valence-corrected chi connectivity index (χ4v) is 1.70. The van der Waals surface area contributed by atoms with Gasteiger partial charge < -0.3 is 5.73 Å². The van der Waals surface area contributed by atoms with Gasteiger partial charge in [0.2, 0.25) is 6.43 Å². The summed E-state index contributed by atoms with van der Waals surface area (Å²) >= 11 is 0. The molecular formula is C6H13F2NOS. The number of halogens is 2. The summed E-state index contributed by atoms with van der Waals surface area (Å²) in [7, 11) is -1.46. The second kappa shape index (κ2) is 5.60. The van der Waals surface area contributed by atoms with Crippen LogP contribution in [-0.2, 0) is 10.8 Å². The van der Waals surface area contributed by atoms with Crippen LogP contribution in [0, 0.1) is 0 Å². The molecule has 0 amide bonds. The van der Waals surface area contributed by atoms with Crippen molar-refractivity contribution in [3.05, 3.63) is 0 Å². The molecule has 2 unspecified atom stereocenters. The smallest absolute Gasteiger partial charge is 0.250 e. The highest BCUT2D eigenvalue weighted by Crippen LogP contribution is 1.98. The molecule has 5 heteroatoms. The molecule has 0 aromatic rings. The van der Waals surface area contributed by atoms with Gasteiger partial charge in [-0.1, -0.05) is 6.92 Å². The summed E-state index contributed by atoms with van der Waals surface area (Å²) in [5.74, 6) is -0.367. The molecule has 0 fully saturated rings. The Labute approximate surface area is 67.6 Å². The van der Waals surface area contributed by atoms with E-state index in [4.69, 9.17) is 5.73 Å². The molecule has 0 rings (SSSR count). The predicted molar refractivity (Wildman–Crippen MR) is 42.1 cm³/mol. The summed E-state index contributed by atoms with van der Waals surface area (Å²) < 4.78 is 34.0. The van der Waals surface area contributed by atoms with Crippen molar-refractivity contribution in [2.24, 2.45) is 5.73 Å². The van der Waals surface area contributed by atoms with Crippen LogP contribution in [0.5, 0.6) is 0 Å². The lowest BCUT2D eigenvalue weighted by molar-refractivity contribution is 0.175. The Bertz CT molecular complexity index is 132. The van der Waals surface area contributed by atoms with Crippen LogP contribution in [0.2, 0.25) is 0 Å². The maximum Gasteiger partial charge on any atom is 0.250 e. The zero-order valence-corrected chi connectivity index (χ0v) is 7.24. The highest BCUT2D eigenvalue weighted by atomic mass is 32.2. The van der Waals surface area contributed by atoms with E-state index in [0.717, 1.165) is 0 Å². The van der Waals surface area contributed by atoms with Gasteiger partial charge in [0.15, 0.2) is 0 Å². The fraction of sp³-hybridized carbons (Fsp3) is 1.00. The Morgan fingerprint density at radius 3 is 2.36 bits per heavy atom. The molecule has 68 valence electrons. The van der Waals surface area contributed by atoms with Crippen LogP contribution in [0.15, 0.2) is 0 Å². The van der Waals surface area contributed by atoms with Gasteiger partial charge in [0.25, 0.3) is 0 Å². The molecule has 0 saturated heterocycles. The minimum absolute atomic E-state index is 0.181. The molecule has 11 heavy (non-hydrogen) atoms. The zero-order valence-electron chi connectivity index (χ0n) is 6.43. The third-order valence-electron chi connectivity index (χ3n) is 1.24. The molecule has 2 atom stereocenters. The minimum Gasteiger partial charge on any atom is -0.327 e. The number of rotatable bonds is 5. The summed E-state index contributed by atoms with van der Waals surface area (Å²) in [6, 6.07) is -0.213. The van der Waals surface area contributed by atoms with Crippen molar-refractivity contribution in [2.45, 2.75) is 25.8 Å². The summed E-state index contributed by atoms with van der Waals surface area (Å²) in [5, 5.41) is 0. The maximum absolute atomic E-state index is 11.6. The predicted octanol–water partition coefficient (Wildman–Crippen LogP) is 0.738. The van der Waals surface area contributed by atoms with Crippen molar-refractivity contribution in [1.82, 2.24) is 0 Å². The Hall–Kier alpha value is -0.0300. The first kappa shape index (κ1) is 11.0. The van der Waals surface area contributed by atoms with Crippen molar-refractivity contribution in [1.29, 1.82) is 0 Å². The monoisotopic (exact) mass is 185 g/mol. The molecule has 0 aliphatic carbocycles. The summed E-state index contributed by atoms with van der Waals surface area (Å²) in [6.07, 6.45) is -1.81. The number of nitrogens with two attached hydrogens (primary N) is 1. The molecular weight excluding hydrogens is 172 g/mol. The Morgan fingerprint density at radius 2 is 2.00 bits per heavy atom. The summed E-state index contributed by atoms with van der Waals surface area (Å²) in [4.78, 5) is 0.